The second kappa shape index (κ2) is 7.39. The van der Waals surface area contributed by atoms with Crippen molar-refractivity contribution in [2.75, 3.05) is 27.2 Å². The van der Waals surface area contributed by atoms with E-state index in [0.717, 1.165) is 31.3 Å². The Morgan fingerprint density at radius 2 is 2.18 bits per heavy atom. The Hall–Kier alpha value is -2.67. The van der Waals surface area contributed by atoms with Gasteiger partial charge >= 0.3 is 0 Å². The SMILES string of the molecule is CC(C)n1ncc2c(C(=O)N3CCCC(N(C)C)C3)cc(-c3ccco3)nc21. The van der Waals surface area contributed by atoms with Gasteiger partial charge in [0.1, 0.15) is 5.69 Å². The summed E-state index contributed by atoms with van der Waals surface area (Å²) in [4.78, 5) is 22.4. The van der Waals surface area contributed by atoms with Gasteiger partial charge in [0.05, 0.1) is 23.4 Å². The van der Waals surface area contributed by atoms with Gasteiger partial charge in [-0.2, -0.15) is 5.10 Å². The number of likely N-dealkylation sites (tertiary alicyclic amines) is 1. The largest absolute Gasteiger partial charge is 0.463 e. The lowest BCUT2D eigenvalue weighted by atomic mass is 10.0. The summed E-state index contributed by atoms with van der Waals surface area (Å²) in [6, 6.07) is 6.07. The van der Waals surface area contributed by atoms with Gasteiger partial charge in [-0.15, -0.1) is 0 Å². The molecule has 0 aromatic carbocycles. The van der Waals surface area contributed by atoms with Crippen molar-refractivity contribution >= 4 is 16.9 Å². The van der Waals surface area contributed by atoms with Crippen LogP contribution in [0.4, 0.5) is 0 Å². The van der Waals surface area contributed by atoms with Crippen LogP contribution >= 0.6 is 0 Å². The van der Waals surface area contributed by atoms with Crippen molar-refractivity contribution in [2.24, 2.45) is 0 Å². The van der Waals surface area contributed by atoms with Gasteiger partial charge in [0.2, 0.25) is 0 Å². The quantitative estimate of drug-likeness (QED) is 0.693. The molecule has 3 aromatic rings. The highest BCUT2D eigenvalue weighted by Gasteiger charge is 2.28. The van der Waals surface area contributed by atoms with Gasteiger partial charge in [0.25, 0.3) is 5.91 Å². The Balaban J connectivity index is 1.80. The first-order chi connectivity index (χ1) is 13.5. The van der Waals surface area contributed by atoms with Crippen LogP contribution in [0, 0.1) is 0 Å². The maximum atomic E-state index is 13.5. The predicted molar refractivity (Wildman–Crippen MR) is 108 cm³/mol. The van der Waals surface area contributed by atoms with E-state index in [1.807, 2.05) is 27.8 Å². The second-order valence-electron chi connectivity index (χ2n) is 7.96. The van der Waals surface area contributed by atoms with Gasteiger partial charge in [-0.3, -0.25) is 4.79 Å². The van der Waals surface area contributed by atoms with Gasteiger partial charge in [-0.05, 0) is 59.0 Å². The lowest BCUT2D eigenvalue weighted by Gasteiger charge is -2.36. The highest BCUT2D eigenvalue weighted by atomic mass is 16.3. The van der Waals surface area contributed by atoms with E-state index < -0.39 is 0 Å². The number of piperidine rings is 1. The fourth-order valence-corrected chi connectivity index (χ4v) is 3.85. The zero-order chi connectivity index (χ0) is 19.8. The summed E-state index contributed by atoms with van der Waals surface area (Å²) < 4.78 is 7.41. The number of hydrogen-bond donors (Lipinski definition) is 0. The Morgan fingerprint density at radius 1 is 1.36 bits per heavy atom. The number of hydrogen-bond acceptors (Lipinski definition) is 5. The van der Waals surface area contributed by atoms with Gasteiger partial charge in [0, 0.05) is 25.2 Å². The summed E-state index contributed by atoms with van der Waals surface area (Å²) >= 11 is 0. The highest BCUT2D eigenvalue weighted by molar-refractivity contribution is 6.06. The van der Waals surface area contributed by atoms with Crippen molar-refractivity contribution in [3.8, 4) is 11.5 Å². The van der Waals surface area contributed by atoms with Crippen LogP contribution in [0.5, 0.6) is 0 Å². The lowest BCUT2D eigenvalue weighted by molar-refractivity contribution is 0.0637. The minimum Gasteiger partial charge on any atom is -0.463 e. The Kier molecular flexibility index (Phi) is 4.93. The summed E-state index contributed by atoms with van der Waals surface area (Å²) in [7, 11) is 4.15. The van der Waals surface area contributed by atoms with Crippen LogP contribution in [0.1, 0.15) is 43.1 Å². The first kappa shape index (κ1) is 18.7. The average molecular weight is 381 g/mol. The van der Waals surface area contributed by atoms with Crippen LogP contribution < -0.4 is 0 Å². The van der Waals surface area contributed by atoms with E-state index in [1.165, 1.54) is 0 Å². The van der Waals surface area contributed by atoms with Crippen LogP contribution in [0.3, 0.4) is 0 Å². The number of nitrogens with zero attached hydrogens (tertiary/aromatic N) is 5. The zero-order valence-electron chi connectivity index (χ0n) is 16.9. The summed E-state index contributed by atoms with van der Waals surface area (Å²) in [6.45, 7) is 5.63. The molecule has 1 amide bonds. The van der Waals surface area contributed by atoms with Crippen molar-refractivity contribution in [3.05, 3.63) is 36.2 Å². The monoisotopic (exact) mass is 381 g/mol. The predicted octanol–water partition coefficient (Wildman–Crippen LogP) is 3.44. The number of aromatic nitrogens is 3. The molecule has 1 saturated heterocycles. The van der Waals surface area contributed by atoms with Crippen molar-refractivity contribution in [2.45, 2.75) is 38.8 Å². The van der Waals surface area contributed by atoms with Gasteiger partial charge in [0.15, 0.2) is 11.4 Å². The Bertz CT molecular complexity index is 974. The van der Waals surface area contributed by atoms with E-state index in [4.69, 9.17) is 9.40 Å². The molecule has 1 aliphatic rings. The van der Waals surface area contributed by atoms with Gasteiger partial charge < -0.3 is 14.2 Å². The summed E-state index contributed by atoms with van der Waals surface area (Å²) in [6.07, 6.45) is 5.51. The third-order valence-corrected chi connectivity index (χ3v) is 5.47. The summed E-state index contributed by atoms with van der Waals surface area (Å²) in [5.74, 6) is 0.687. The number of pyridine rings is 1. The molecule has 1 fully saturated rings. The molecule has 4 heterocycles. The third kappa shape index (κ3) is 3.30. The number of amides is 1. The van der Waals surface area contributed by atoms with Crippen LogP contribution in [0.15, 0.2) is 35.1 Å². The third-order valence-electron chi connectivity index (χ3n) is 5.47. The van der Waals surface area contributed by atoms with E-state index in [1.54, 1.807) is 12.5 Å². The standard InChI is InChI=1S/C21H27N5O2/c1-14(2)26-20-17(12-22-26)16(11-18(23-20)19-8-6-10-28-19)21(27)25-9-5-7-15(13-25)24(3)4/h6,8,10-12,14-15H,5,7,9,13H2,1-4H3. The average Bonchev–Trinajstić information content (AvgIpc) is 3.36. The molecule has 0 N–H and O–H groups in total. The summed E-state index contributed by atoms with van der Waals surface area (Å²) in [5.41, 5.74) is 2.01. The molecule has 0 saturated carbocycles. The highest BCUT2D eigenvalue weighted by Crippen LogP contribution is 2.28. The molecule has 4 rings (SSSR count). The summed E-state index contributed by atoms with van der Waals surface area (Å²) in [5, 5.41) is 5.29. The number of likely N-dealkylation sites (N-methyl/N-ethyl adjacent to an activating group) is 1. The van der Waals surface area contributed by atoms with Crippen molar-refractivity contribution in [1.29, 1.82) is 0 Å². The number of fused-ring (bicyclic) bond motifs is 1. The fourth-order valence-electron chi connectivity index (χ4n) is 3.85. The van der Waals surface area contributed by atoms with Crippen molar-refractivity contribution in [3.63, 3.8) is 0 Å². The van der Waals surface area contributed by atoms with Crippen LogP contribution in [-0.2, 0) is 0 Å². The lowest BCUT2D eigenvalue weighted by Crippen LogP contribution is -2.47. The smallest absolute Gasteiger partial charge is 0.254 e. The topological polar surface area (TPSA) is 67.4 Å². The maximum Gasteiger partial charge on any atom is 0.254 e. The molecule has 1 atom stereocenters. The van der Waals surface area contributed by atoms with Crippen molar-refractivity contribution in [1.82, 2.24) is 24.6 Å². The molecule has 28 heavy (non-hydrogen) atoms. The molecule has 7 heteroatoms. The number of rotatable bonds is 4. The first-order valence-corrected chi connectivity index (χ1v) is 9.83. The number of carbonyl (C=O) groups is 1. The number of furan rings is 1. The van der Waals surface area contributed by atoms with Gasteiger partial charge in [-0.1, -0.05) is 0 Å². The molecule has 1 unspecified atom stereocenters. The van der Waals surface area contributed by atoms with Gasteiger partial charge in [-0.25, -0.2) is 9.67 Å². The zero-order valence-corrected chi connectivity index (χ0v) is 16.9. The van der Waals surface area contributed by atoms with Crippen LogP contribution in [-0.4, -0.2) is 63.7 Å². The molecular formula is C21H27N5O2. The molecular weight excluding hydrogens is 354 g/mol. The van der Waals surface area contributed by atoms with E-state index in [0.29, 0.717) is 28.7 Å². The van der Waals surface area contributed by atoms with E-state index in [2.05, 4.69) is 37.9 Å². The second-order valence-corrected chi connectivity index (χ2v) is 7.96. The minimum absolute atomic E-state index is 0.0371. The fraction of sp³-hybridized carbons (Fsp3) is 0.476. The van der Waals surface area contributed by atoms with E-state index in [9.17, 15) is 4.79 Å². The molecule has 1 aliphatic heterocycles. The van der Waals surface area contributed by atoms with Crippen LogP contribution in [0.25, 0.3) is 22.5 Å². The molecule has 148 valence electrons. The Morgan fingerprint density at radius 3 is 2.86 bits per heavy atom. The van der Waals surface area contributed by atoms with Crippen molar-refractivity contribution < 1.29 is 9.21 Å². The molecule has 3 aromatic heterocycles. The molecule has 7 nitrogen and oxygen atoms in total. The number of carbonyl (C=O) groups excluding carboxylic acids is 1. The van der Waals surface area contributed by atoms with E-state index in [-0.39, 0.29) is 11.9 Å². The maximum absolute atomic E-state index is 13.5. The minimum atomic E-state index is 0.0371. The first-order valence-electron chi connectivity index (χ1n) is 9.83. The molecule has 0 aliphatic carbocycles. The van der Waals surface area contributed by atoms with E-state index >= 15 is 0 Å². The molecule has 0 radical (unpaired) electrons. The Labute approximate surface area is 164 Å². The molecule has 0 bridgehead atoms. The normalized spacial score (nSPS) is 17.8. The van der Waals surface area contributed by atoms with Crippen LogP contribution in [0.2, 0.25) is 0 Å². The molecule has 0 spiro atoms.